The Morgan fingerprint density at radius 1 is 1.23 bits per heavy atom. The Balaban J connectivity index is 1.90. The van der Waals surface area contributed by atoms with Crippen molar-refractivity contribution >= 4 is 35.0 Å². The van der Waals surface area contributed by atoms with Crippen molar-refractivity contribution in [3.63, 3.8) is 0 Å². The highest BCUT2D eigenvalue weighted by molar-refractivity contribution is 7.99. The molecule has 2 nitrogen and oxygen atoms in total. The molecule has 1 amide bonds. The summed E-state index contributed by atoms with van der Waals surface area (Å²) < 4.78 is 25.9. The Morgan fingerprint density at radius 2 is 2.00 bits per heavy atom. The standard InChI is InChI=1S/C16H14ClF2NOS/c1-10(22-9-11-3-2-4-12(17)7-11)16(21)20-13-5-6-14(18)15(19)8-13/h2-8,10H,9H2,1H3,(H,20,21)/t10-/m1/s1. The van der Waals surface area contributed by atoms with E-state index in [1.54, 1.807) is 13.0 Å². The number of halogens is 3. The maximum absolute atomic E-state index is 13.1. The van der Waals surface area contributed by atoms with Gasteiger partial charge >= 0.3 is 0 Å². The summed E-state index contributed by atoms with van der Waals surface area (Å²) >= 11 is 7.34. The molecule has 0 saturated carbocycles. The molecular weight excluding hydrogens is 328 g/mol. The van der Waals surface area contributed by atoms with Gasteiger partial charge in [0.25, 0.3) is 0 Å². The molecule has 2 rings (SSSR count). The van der Waals surface area contributed by atoms with Crippen molar-refractivity contribution in [2.75, 3.05) is 5.32 Å². The molecule has 0 aliphatic carbocycles. The lowest BCUT2D eigenvalue weighted by atomic mass is 10.2. The summed E-state index contributed by atoms with van der Waals surface area (Å²) in [5.74, 6) is -1.57. The first-order valence-corrected chi connectivity index (χ1v) is 8.00. The van der Waals surface area contributed by atoms with Crippen LogP contribution >= 0.6 is 23.4 Å². The largest absolute Gasteiger partial charge is 0.325 e. The molecule has 0 heterocycles. The van der Waals surface area contributed by atoms with Crippen LogP contribution in [-0.2, 0) is 10.5 Å². The third-order valence-electron chi connectivity index (χ3n) is 2.95. The van der Waals surface area contributed by atoms with Crippen LogP contribution in [0.4, 0.5) is 14.5 Å². The second-order valence-corrected chi connectivity index (χ2v) is 6.47. The van der Waals surface area contributed by atoms with Gasteiger partial charge in [0.15, 0.2) is 11.6 Å². The number of hydrogen-bond acceptors (Lipinski definition) is 2. The predicted octanol–water partition coefficient (Wildman–Crippen LogP) is 4.88. The van der Waals surface area contributed by atoms with Crippen molar-refractivity contribution in [1.29, 1.82) is 0 Å². The molecule has 0 aromatic heterocycles. The van der Waals surface area contributed by atoms with Gasteiger partial charge in [-0.15, -0.1) is 11.8 Å². The number of nitrogens with one attached hydrogen (secondary N) is 1. The molecule has 1 N–H and O–H groups in total. The topological polar surface area (TPSA) is 29.1 Å². The van der Waals surface area contributed by atoms with Crippen LogP contribution in [0.15, 0.2) is 42.5 Å². The van der Waals surface area contributed by atoms with Crippen molar-refractivity contribution in [2.45, 2.75) is 17.9 Å². The Hall–Kier alpha value is -1.59. The van der Waals surface area contributed by atoms with E-state index < -0.39 is 11.6 Å². The Morgan fingerprint density at radius 3 is 2.68 bits per heavy atom. The fourth-order valence-electron chi connectivity index (χ4n) is 1.74. The van der Waals surface area contributed by atoms with Gasteiger partial charge in [-0.25, -0.2) is 8.78 Å². The highest BCUT2D eigenvalue weighted by Gasteiger charge is 2.14. The van der Waals surface area contributed by atoms with Crippen LogP contribution in [-0.4, -0.2) is 11.2 Å². The van der Waals surface area contributed by atoms with Crippen molar-refractivity contribution in [3.8, 4) is 0 Å². The number of rotatable bonds is 5. The average Bonchev–Trinajstić information content (AvgIpc) is 2.48. The lowest BCUT2D eigenvalue weighted by molar-refractivity contribution is -0.115. The molecule has 116 valence electrons. The van der Waals surface area contributed by atoms with E-state index in [0.29, 0.717) is 10.8 Å². The normalized spacial score (nSPS) is 12.0. The number of thioether (sulfide) groups is 1. The van der Waals surface area contributed by atoms with Crippen LogP contribution in [0.5, 0.6) is 0 Å². The molecular formula is C16H14ClF2NOS. The number of hydrogen-bond donors (Lipinski definition) is 1. The SMILES string of the molecule is C[C@@H](SCc1cccc(Cl)c1)C(=O)Nc1ccc(F)c(F)c1. The lowest BCUT2D eigenvalue weighted by Gasteiger charge is -2.12. The van der Waals surface area contributed by atoms with Crippen molar-refractivity contribution in [3.05, 3.63) is 64.7 Å². The van der Waals surface area contributed by atoms with Gasteiger partial charge in [0.2, 0.25) is 5.91 Å². The Bertz CT molecular complexity index is 681. The zero-order valence-corrected chi connectivity index (χ0v) is 13.3. The molecule has 6 heteroatoms. The zero-order valence-electron chi connectivity index (χ0n) is 11.8. The van der Waals surface area contributed by atoms with Gasteiger partial charge in [0.05, 0.1) is 5.25 Å². The van der Waals surface area contributed by atoms with Gasteiger partial charge in [-0.3, -0.25) is 4.79 Å². The molecule has 0 fully saturated rings. The fourth-order valence-corrected chi connectivity index (χ4v) is 2.79. The minimum absolute atomic E-state index is 0.235. The van der Waals surface area contributed by atoms with Crippen molar-refractivity contribution in [2.24, 2.45) is 0 Å². The number of anilines is 1. The Kier molecular flexibility index (Phi) is 5.80. The maximum Gasteiger partial charge on any atom is 0.237 e. The summed E-state index contributed by atoms with van der Waals surface area (Å²) in [6, 6.07) is 10.7. The number of amides is 1. The second-order valence-electron chi connectivity index (χ2n) is 4.70. The summed E-state index contributed by atoms with van der Waals surface area (Å²) in [5, 5.41) is 2.87. The van der Waals surface area contributed by atoms with Crippen LogP contribution in [0, 0.1) is 11.6 Å². The van der Waals surface area contributed by atoms with Crippen LogP contribution < -0.4 is 5.32 Å². The maximum atomic E-state index is 13.1. The molecule has 0 bridgehead atoms. The van der Waals surface area contributed by atoms with Gasteiger partial charge in [0.1, 0.15) is 0 Å². The number of carbonyl (C=O) groups excluding carboxylic acids is 1. The van der Waals surface area contributed by atoms with Crippen LogP contribution in [0.2, 0.25) is 5.02 Å². The first kappa shape index (κ1) is 16.8. The summed E-state index contributed by atoms with van der Waals surface area (Å²) in [7, 11) is 0. The second kappa shape index (κ2) is 7.61. The lowest BCUT2D eigenvalue weighted by Crippen LogP contribution is -2.22. The molecule has 2 aromatic rings. The van der Waals surface area contributed by atoms with E-state index in [0.717, 1.165) is 17.7 Å². The van der Waals surface area contributed by atoms with E-state index >= 15 is 0 Å². The van der Waals surface area contributed by atoms with Crippen molar-refractivity contribution < 1.29 is 13.6 Å². The Labute approximate surface area is 136 Å². The smallest absolute Gasteiger partial charge is 0.237 e. The van der Waals surface area contributed by atoms with Gasteiger partial charge in [-0.1, -0.05) is 23.7 Å². The number of carbonyl (C=O) groups is 1. The molecule has 0 aliphatic heterocycles. The zero-order chi connectivity index (χ0) is 16.1. The van der Waals surface area contributed by atoms with Gasteiger partial charge in [-0.2, -0.15) is 0 Å². The van der Waals surface area contributed by atoms with E-state index in [1.807, 2.05) is 18.2 Å². The molecule has 2 aromatic carbocycles. The highest BCUT2D eigenvalue weighted by Crippen LogP contribution is 2.21. The molecule has 0 saturated heterocycles. The summed E-state index contributed by atoms with van der Waals surface area (Å²) in [4.78, 5) is 12.0. The molecule has 0 unspecified atom stereocenters. The number of benzene rings is 2. The molecule has 0 spiro atoms. The monoisotopic (exact) mass is 341 g/mol. The summed E-state index contributed by atoms with van der Waals surface area (Å²) in [5.41, 5.74) is 1.25. The van der Waals surface area contributed by atoms with Gasteiger partial charge in [-0.05, 0) is 36.8 Å². The minimum Gasteiger partial charge on any atom is -0.325 e. The van der Waals surface area contributed by atoms with Crippen LogP contribution in [0.25, 0.3) is 0 Å². The quantitative estimate of drug-likeness (QED) is 0.839. The molecule has 22 heavy (non-hydrogen) atoms. The third-order valence-corrected chi connectivity index (χ3v) is 4.39. The molecule has 1 atom stereocenters. The first-order chi connectivity index (χ1) is 10.5. The average molecular weight is 342 g/mol. The minimum atomic E-state index is -0.989. The van der Waals surface area contributed by atoms with E-state index in [9.17, 15) is 13.6 Å². The highest BCUT2D eigenvalue weighted by atomic mass is 35.5. The first-order valence-electron chi connectivity index (χ1n) is 6.57. The van der Waals surface area contributed by atoms with Gasteiger partial charge < -0.3 is 5.32 Å². The molecule has 0 aliphatic rings. The van der Waals surface area contributed by atoms with E-state index in [2.05, 4.69) is 5.32 Å². The van der Waals surface area contributed by atoms with Gasteiger partial charge in [0, 0.05) is 22.5 Å². The van der Waals surface area contributed by atoms with E-state index in [4.69, 9.17) is 11.6 Å². The van der Waals surface area contributed by atoms with Crippen LogP contribution in [0.1, 0.15) is 12.5 Å². The molecule has 0 radical (unpaired) electrons. The van der Waals surface area contributed by atoms with Crippen molar-refractivity contribution in [1.82, 2.24) is 0 Å². The fraction of sp³-hybridized carbons (Fsp3) is 0.188. The van der Waals surface area contributed by atoms with Crippen LogP contribution in [0.3, 0.4) is 0 Å². The summed E-state index contributed by atoms with van der Waals surface area (Å²) in [6.07, 6.45) is 0. The van der Waals surface area contributed by atoms with E-state index in [1.165, 1.54) is 17.8 Å². The van der Waals surface area contributed by atoms with E-state index in [-0.39, 0.29) is 16.8 Å². The third kappa shape index (κ3) is 4.71. The predicted molar refractivity (Wildman–Crippen MR) is 87.2 cm³/mol. The summed E-state index contributed by atoms with van der Waals surface area (Å²) in [6.45, 7) is 1.75.